The topological polar surface area (TPSA) is 60.2 Å². The van der Waals surface area contributed by atoms with E-state index in [-0.39, 0.29) is 5.75 Å². The second kappa shape index (κ2) is 6.68. The molecule has 1 amide bonds. The molecule has 0 aliphatic rings. The van der Waals surface area contributed by atoms with Crippen LogP contribution in [0, 0.1) is 0 Å². The zero-order valence-electron chi connectivity index (χ0n) is 10.7. The molecule has 0 aliphatic heterocycles. The summed E-state index contributed by atoms with van der Waals surface area (Å²) in [7, 11) is -1.28. The predicted octanol–water partition coefficient (Wildman–Crippen LogP) is 2.74. The largest absolute Gasteiger partial charge is 0.369 e. The summed E-state index contributed by atoms with van der Waals surface area (Å²) in [6.45, 7) is 0. The first-order valence-corrected chi connectivity index (χ1v) is 7.90. The minimum atomic E-state index is -1.28. The van der Waals surface area contributed by atoms with E-state index in [1.54, 1.807) is 0 Å². The standard InChI is InChI=1S/C15H14ClNO2S/c16-14-7-2-1-6-13(14)12-5-3-4-11(8-12)9-20(19)10-15(17)18/h1-8H,9-10H2,(H2,17,18). The Morgan fingerprint density at radius 1 is 1.15 bits per heavy atom. The summed E-state index contributed by atoms with van der Waals surface area (Å²) in [4.78, 5) is 10.7. The second-order valence-corrected chi connectivity index (χ2v) is 6.24. The summed E-state index contributed by atoms with van der Waals surface area (Å²) >= 11 is 6.16. The summed E-state index contributed by atoms with van der Waals surface area (Å²) in [5.74, 6) is -0.358. The van der Waals surface area contributed by atoms with Crippen molar-refractivity contribution in [2.24, 2.45) is 5.73 Å². The monoisotopic (exact) mass is 307 g/mol. The van der Waals surface area contributed by atoms with Crippen molar-refractivity contribution in [3.63, 3.8) is 0 Å². The van der Waals surface area contributed by atoms with Crippen LogP contribution in [0.25, 0.3) is 11.1 Å². The number of rotatable bonds is 5. The SMILES string of the molecule is NC(=O)CS(=O)Cc1cccc(-c2ccccc2Cl)c1. The Labute approximate surface area is 125 Å². The minimum Gasteiger partial charge on any atom is -0.369 e. The molecule has 0 bridgehead atoms. The molecule has 1 unspecified atom stereocenters. The van der Waals surface area contributed by atoms with Crippen molar-refractivity contribution in [2.75, 3.05) is 5.75 Å². The highest BCUT2D eigenvalue weighted by molar-refractivity contribution is 7.84. The molecule has 104 valence electrons. The van der Waals surface area contributed by atoms with E-state index in [0.717, 1.165) is 16.7 Å². The van der Waals surface area contributed by atoms with Crippen LogP contribution < -0.4 is 5.73 Å². The van der Waals surface area contributed by atoms with E-state index in [2.05, 4.69) is 0 Å². The first-order chi connectivity index (χ1) is 9.56. The van der Waals surface area contributed by atoms with E-state index >= 15 is 0 Å². The van der Waals surface area contributed by atoms with Crippen molar-refractivity contribution in [1.29, 1.82) is 0 Å². The fourth-order valence-electron chi connectivity index (χ4n) is 1.92. The number of carbonyl (C=O) groups is 1. The van der Waals surface area contributed by atoms with Gasteiger partial charge in [0.1, 0.15) is 5.75 Å². The fourth-order valence-corrected chi connectivity index (χ4v) is 3.14. The van der Waals surface area contributed by atoms with Crippen LogP contribution in [-0.4, -0.2) is 15.9 Å². The van der Waals surface area contributed by atoms with E-state index in [4.69, 9.17) is 17.3 Å². The number of benzene rings is 2. The van der Waals surface area contributed by atoms with Crippen LogP contribution in [0.1, 0.15) is 5.56 Å². The zero-order chi connectivity index (χ0) is 14.5. The van der Waals surface area contributed by atoms with Crippen LogP contribution in [-0.2, 0) is 21.3 Å². The van der Waals surface area contributed by atoms with Crippen molar-refractivity contribution in [1.82, 2.24) is 0 Å². The van der Waals surface area contributed by atoms with Crippen molar-refractivity contribution in [3.05, 3.63) is 59.1 Å². The molecule has 5 heteroatoms. The zero-order valence-corrected chi connectivity index (χ0v) is 12.3. The highest BCUT2D eigenvalue weighted by Crippen LogP contribution is 2.28. The summed E-state index contributed by atoms with van der Waals surface area (Å²) in [5.41, 5.74) is 7.82. The lowest BCUT2D eigenvalue weighted by Crippen LogP contribution is -2.20. The molecule has 3 nitrogen and oxygen atoms in total. The van der Waals surface area contributed by atoms with Crippen molar-refractivity contribution >= 4 is 28.3 Å². The van der Waals surface area contributed by atoms with Crippen molar-refractivity contribution in [2.45, 2.75) is 5.75 Å². The quantitative estimate of drug-likeness (QED) is 0.923. The van der Waals surface area contributed by atoms with E-state index in [1.165, 1.54) is 0 Å². The van der Waals surface area contributed by atoms with Gasteiger partial charge in [0, 0.05) is 27.1 Å². The van der Waals surface area contributed by atoms with Gasteiger partial charge in [-0.25, -0.2) is 0 Å². The van der Waals surface area contributed by atoms with Gasteiger partial charge in [-0.2, -0.15) is 0 Å². The molecule has 2 aromatic rings. The third-order valence-electron chi connectivity index (χ3n) is 2.74. The Morgan fingerprint density at radius 3 is 2.60 bits per heavy atom. The van der Waals surface area contributed by atoms with E-state index in [9.17, 15) is 9.00 Å². The number of nitrogens with two attached hydrogens (primary N) is 1. The Hall–Kier alpha value is -1.65. The molecule has 1 atom stereocenters. The summed E-state index contributed by atoms with van der Waals surface area (Å²) in [5, 5.41) is 0.669. The van der Waals surface area contributed by atoms with Crippen LogP contribution >= 0.6 is 11.6 Å². The highest BCUT2D eigenvalue weighted by atomic mass is 35.5. The van der Waals surface area contributed by atoms with Gasteiger partial charge in [-0.1, -0.05) is 54.1 Å². The van der Waals surface area contributed by atoms with Gasteiger partial charge in [0.2, 0.25) is 5.91 Å². The van der Waals surface area contributed by atoms with Gasteiger partial charge in [0.05, 0.1) is 0 Å². The van der Waals surface area contributed by atoms with Crippen molar-refractivity contribution in [3.8, 4) is 11.1 Å². The van der Waals surface area contributed by atoms with Gasteiger partial charge in [-0.05, 0) is 17.2 Å². The van der Waals surface area contributed by atoms with Gasteiger partial charge >= 0.3 is 0 Å². The third kappa shape index (κ3) is 3.92. The number of carbonyl (C=O) groups excluding carboxylic acids is 1. The van der Waals surface area contributed by atoms with Crippen LogP contribution in [0.3, 0.4) is 0 Å². The molecule has 0 spiro atoms. The predicted molar refractivity (Wildman–Crippen MR) is 82.8 cm³/mol. The minimum absolute atomic E-state index is 0.115. The van der Waals surface area contributed by atoms with Gasteiger partial charge in [-0.15, -0.1) is 0 Å². The molecule has 20 heavy (non-hydrogen) atoms. The number of halogens is 1. The molecule has 0 aliphatic carbocycles. The smallest absolute Gasteiger partial charge is 0.230 e. The fraction of sp³-hybridized carbons (Fsp3) is 0.133. The normalized spacial score (nSPS) is 12.1. The first kappa shape index (κ1) is 14.8. The number of primary amides is 1. The summed E-state index contributed by atoms with van der Waals surface area (Å²) in [6, 6.07) is 15.2. The van der Waals surface area contributed by atoms with Crippen molar-refractivity contribution < 1.29 is 9.00 Å². The van der Waals surface area contributed by atoms with Gasteiger partial charge in [-0.3, -0.25) is 9.00 Å². The van der Waals surface area contributed by atoms with Crippen LogP contribution in [0.5, 0.6) is 0 Å². The average Bonchev–Trinajstić information content (AvgIpc) is 2.38. The molecule has 2 aromatic carbocycles. The maximum atomic E-state index is 11.7. The molecule has 2 N–H and O–H groups in total. The maximum Gasteiger partial charge on any atom is 0.230 e. The lowest BCUT2D eigenvalue weighted by atomic mass is 10.0. The Balaban J connectivity index is 2.23. The molecule has 0 fully saturated rings. The number of amides is 1. The molecule has 0 radical (unpaired) electrons. The molecule has 0 aromatic heterocycles. The second-order valence-electron chi connectivity index (χ2n) is 4.38. The molecule has 0 saturated carbocycles. The maximum absolute atomic E-state index is 11.7. The summed E-state index contributed by atoms with van der Waals surface area (Å²) in [6.07, 6.45) is 0. The highest BCUT2D eigenvalue weighted by Gasteiger charge is 2.08. The lowest BCUT2D eigenvalue weighted by Gasteiger charge is -2.07. The van der Waals surface area contributed by atoms with Gasteiger partial charge in [0.15, 0.2) is 0 Å². The molecular weight excluding hydrogens is 294 g/mol. The van der Waals surface area contributed by atoms with E-state index in [1.807, 2.05) is 48.5 Å². The first-order valence-electron chi connectivity index (χ1n) is 6.03. The Bertz CT molecular complexity index is 658. The van der Waals surface area contributed by atoms with Crippen LogP contribution in [0.4, 0.5) is 0 Å². The Kier molecular flexibility index (Phi) is 4.93. The number of hydrogen-bond acceptors (Lipinski definition) is 2. The summed E-state index contributed by atoms with van der Waals surface area (Å²) < 4.78 is 11.7. The Morgan fingerprint density at radius 2 is 1.90 bits per heavy atom. The van der Waals surface area contributed by atoms with Crippen LogP contribution in [0.15, 0.2) is 48.5 Å². The molecule has 2 rings (SSSR count). The average molecular weight is 308 g/mol. The molecule has 0 heterocycles. The lowest BCUT2D eigenvalue weighted by molar-refractivity contribution is -0.115. The number of hydrogen-bond donors (Lipinski definition) is 1. The molecular formula is C15H14ClNO2S. The van der Waals surface area contributed by atoms with E-state index < -0.39 is 16.7 Å². The third-order valence-corrected chi connectivity index (χ3v) is 4.33. The van der Waals surface area contributed by atoms with E-state index in [0.29, 0.717) is 10.8 Å². The van der Waals surface area contributed by atoms with Crippen LogP contribution in [0.2, 0.25) is 5.02 Å². The van der Waals surface area contributed by atoms with Gasteiger partial charge in [0.25, 0.3) is 0 Å². The molecule has 0 saturated heterocycles. The van der Waals surface area contributed by atoms with Gasteiger partial charge < -0.3 is 5.73 Å².